The molecule has 4 aliphatic carbocycles. The fraction of sp³-hybridized carbons (Fsp3) is 0.172. The molecule has 0 saturated carbocycles. The molecule has 0 amide bonds. The number of hydrogen-bond acceptors (Lipinski definition) is 1. The van der Waals surface area contributed by atoms with Gasteiger partial charge >= 0.3 is 0 Å². The highest BCUT2D eigenvalue weighted by Gasteiger charge is 2.52. The summed E-state index contributed by atoms with van der Waals surface area (Å²) in [5.41, 5.74) is 26.7. The predicted octanol–water partition coefficient (Wildman–Crippen LogP) is 14.9. The van der Waals surface area contributed by atoms with Gasteiger partial charge < -0.3 is 4.90 Å². The van der Waals surface area contributed by atoms with Crippen LogP contribution in [0.3, 0.4) is 0 Å². The van der Waals surface area contributed by atoms with Crippen molar-refractivity contribution in [3.05, 3.63) is 220 Å². The normalized spacial score (nSPS) is 15.1. The molecule has 0 fully saturated rings. The number of benzene rings is 8. The maximum Gasteiger partial charge on any atom is 0.0726 e. The van der Waals surface area contributed by atoms with Gasteiger partial charge in [-0.2, -0.15) is 0 Å². The topological polar surface area (TPSA) is 3.24 Å². The average Bonchev–Trinajstić information content (AvgIpc) is 3.76. The quantitative estimate of drug-likeness (QED) is 0.169. The second-order valence-electron chi connectivity index (χ2n) is 17.3. The van der Waals surface area contributed by atoms with Crippen molar-refractivity contribution in [1.82, 2.24) is 0 Å². The Labute approximate surface area is 348 Å². The van der Waals surface area contributed by atoms with E-state index in [0.717, 1.165) is 19.3 Å². The van der Waals surface area contributed by atoms with E-state index in [0.29, 0.717) is 0 Å². The highest BCUT2D eigenvalue weighted by molar-refractivity contribution is 6.00. The number of aryl methyl sites for hydroxylation is 4. The van der Waals surface area contributed by atoms with Crippen molar-refractivity contribution in [2.24, 2.45) is 0 Å². The van der Waals surface area contributed by atoms with E-state index in [1.165, 1.54) is 144 Å². The molecule has 0 unspecified atom stereocenters. The molecule has 1 spiro atoms. The fourth-order valence-corrected chi connectivity index (χ4v) is 11.5. The molecule has 59 heavy (non-hydrogen) atoms. The number of anilines is 3. The van der Waals surface area contributed by atoms with Gasteiger partial charge in [-0.15, -0.1) is 0 Å². The monoisotopic (exact) mass is 757 g/mol. The molecule has 0 bridgehead atoms. The van der Waals surface area contributed by atoms with Crippen molar-refractivity contribution in [2.75, 3.05) is 4.90 Å². The molecule has 0 N–H and O–H groups in total. The summed E-state index contributed by atoms with van der Waals surface area (Å²) >= 11 is 0. The second kappa shape index (κ2) is 13.6. The van der Waals surface area contributed by atoms with Crippen LogP contribution in [0.5, 0.6) is 0 Å². The number of hydrogen-bond donors (Lipinski definition) is 0. The van der Waals surface area contributed by atoms with E-state index in [1.54, 1.807) is 0 Å². The molecule has 8 aromatic rings. The maximum atomic E-state index is 2.65. The smallest absolute Gasteiger partial charge is 0.0726 e. The van der Waals surface area contributed by atoms with Crippen molar-refractivity contribution in [3.63, 3.8) is 0 Å². The summed E-state index contributed by atoms with van der Waals surface area (Å²) in [6.07, 6.45) is 9.58. The predicted molar refractivity (Wildman–Crippen MR) is 246 cm³/mol. The molecule has 12 rings (SSSR count). The third kappa shape index (κ3) is 5.17. The Morgan fingerprint density at radius 3 is 1.61 bits per heavy atom. The van der Waals surface area contributed by atoms with Gasteiger partial charge in [-0.1, -0.05) is 140 Å². The van der Waals surface area contributed by atoms with Crippen LogP contribution in [-0.4, -0.2) is 0 Å². The van der Waals surface area contributed by atoms with Crippen molar-refractivity contribution in [2.45, 2.75) is 63.7 Å². The Bertz CT molecular complexity index is 2900. The lowest BCUT2D eigenvalue weighted by atomic mass is 9.70. The lowest BCUT2D eigenvalue weighted by Gasteiger charge is -2.35. The van der Waals surface area contributed by atoms with Gasteiger partial charge in [-0.25, -0.2) is 0 Å². The van der Waals surface area contributed by atoms with E-state index in [4.69, 9.17) is 0 Å². The zero-order valence-corrected chi connectivity index (χ0v) is 33.8. The van der Waals surface area contributed by atoms with Gasteiger partial charge in [0.25, 0.3) is 0 Å². The van der Waals surface area contributed by atoms with Crippen molar-refractivity contribution in [3.8, 4) is 44.5 Å². The number of nitrogens with zero attached hydrogens (tertiary/aromatic N) is 1. The summed E-state index contributed by atoms with van der Waals surface area (Å²) < 4.78 is 0. The molecule has 4 aliphatic rings. The fourth-order valence-electron chi connectivity index (χ4n) is 11.5. The van der Waals surface area contributed by atoms with E-state index < -0.39 is 5.41 Å². The molecule has 0 radical (unpaired) electrons. The summed E-state index contributed by atoms with van der Waals surface area (Å²) in [5.74, 6) is 0. The van der Waals surface area contributed by atoms with E-state index in [-0.39, 0.29) is 0 Å². The first-order valence-electron chi connectivity index (χ1n) is 21.9. The molecule has 284 valence electrons. The molecule has 0 aromatic heterocycles. The van der Waals surface area contributed by atoms with E-state index in [1.807, 2.05) is 0 Å². The molecule has 0 heterocycles. The van der Waals surface area contributed by atoms with Gasteiger partial charge in [0.2, 0.25) is 0 Å². The van der Waals surface area contributed by atoms with Crippen molar-refractivity contribution < 1.29 is 0 Å². The molecule has 0 saturated heterocycles. The highest BCUT2D eigenvalue weighted by Crippen LogP contribution is 2.64. The van der Waals surface area contributed by atoms with Crippen LogP contribution < -0.4 is 4.90 Å². The van der Waals surface area contributed by atoms with Gasteiger partial charge in [0, 0.05) is 16.9 Å². The van der Waals surface area contributed by atoms with Crippen LogP contribution in [0.4, 0.5) is 17.1 Å². The first-order chi connectivity index (χ1) is 29.2. The summed E-state index contributed by atoms with van der Waals surface area (Å²) in [4.78, 5) is 2.65. The van der Waals surface area contributed by atoms with Gasteiger partial charge in [-0.3, -0.25) is 0 Å². The van der Waals surface area contributed by atoms with Crippen LogP contribution in [0.15, 0.2) is 170 Å². The van der Waals surface area contributed by atoms with E-state index >= 15 is 0 Å². The third-order valence-corrected chi connectivity index (χ3v) is 14.2. The Morgan fingerprint density at radius 2 is 0.932 bits per heavy atom. The van der Waals surface area contributed by atoms with Crippen LogP contribution in [0.25, 0.3) is 44.5 Å². The lowest BCUT2D eigenvalue weighted by molar-refractivity contribution is 0.685. The Kier molecular flexibility index (Phi) is 7.95. The average molecular weight is 758 g/mol. The van der Waals surface area contributed by atoms with E-state index in [2.05, 4.69) is 182 Å². The molecule has 0 aliphatic heterocycles. The SMILES string of the molecule is Cc1cc2c(cc1-c1cc3c(cc1N(c1ccc(-c4ccccc4)cc1)c1cccc4c1CCCC4)C1(c4ccccc4-c4ccccc41)c1ccccc1-3)CCCC2. The zero-order chi connectivity index (χ0) is 39.1. The minimum atomic E-state index is -0.434. The first-order valence-corrected chi connectivity index (χ1v) is 21.9. The molecule has 1 nitrogen and oxygen atoms in total. The number of fused-ring (bicyclic) bond motifs is 12. The van der Waals surface area contributed by atoms with Crippen molar-refractivity contribution >= 4 is 17.1 Å². The molecule has 1 heteroatoms. The Morgan fingerprint density at radius 1 is 0.373 bits per heavy atom. The van der Waals surface area contributed by atoms with Crippen LogP contribution >= 0.6 is 0 Å². The zero-order valence-electron chi connectivity index (χ0n) is 33.8. The largest absolute Gasteiger partial charge is 0.310 e. The summed E-state index contributed by atoms with van der Waals surface area (Å²) in [5, 5.41) is 0. The Hall–Kier alpha value is -6.44. The van der Waals surface area contributed by atoms with Gasteiger partial charge in [0.15, 0.2) is 0 Å². The van der Waals surface area contributed by atoms with Crippen LogP contribution in [0.2, 0.25) is 0 Å². The van der Waals surface area contributed by atoms with Crippen molar-refractivity contribution in [1.29, 1.82) is 0 Å². The maximum absolute atomic E-state index is 2.65. The first kappa shape index (κ1) is 34.6. The molecular weight excluding hydrogens is 711 g/mol. The van der Waals surface area contributed by atoms with Gasteiger partial charge in [0.1, 0.15) is 0 Å². The highest BCUT2D eigenvalue weighted by atomic mass is 15.1. The molecule has 0 atom stereocenters. The van der Waals surface area contributed by atoms with Gasteiger partial charge in [-0.05, 0) is 178 Å². The second-order valence-corrected chi connectivity index (χ2v) is 17.3. The Balaban J connectivity index is 1.20. The molecular formula is C58H47N. The van der Waals surface area contributed by atoms with Gasteiger partial charge in [0.05, 0.1) is 11.1 Å². The minimum absolute atomic E-state index is 0.434. The summed E-state index contributed by atoms with van der Waals surface area (Å²) in [6.45, 7) is 2.35. The van der Waals surface area contributed by atoms with Crippen LogP contribution in [0.1, 0.15) is 75.8 Å². The summed E-state index contributed by atoms with van der Waals surface area (Å²) in [7, 11) is 0. The summed E-state index contributed by atoms with van der Waals surface area (Å²) in [6, 6.07) is 65.3. The van der Waals surface area contributed by atoms with Crippen LogP contribution in [0, 0.1) is 6.92 Å². The molecule has 8 aromatic carbocycles. The third-order valence-electron chi connectivity index (χ3n) is 14.2. The van der Waals surface area contributed by atoms with Crippen LogP contribution in [-0.2, 0) is 31.1 Å². The number of rotatable bonds is 5. The van der Waals surface area contributed by atoms with E-state index in [9.17, 15) is 0 Å². The minimum Gasteiger partial charge on any atom is -0.310 e. The standard InChI is InChI=1S/C58H47N/c1-38-34-42-19-5-6-20-43(42)35-49(38)51-36-50-48-25-11-14-28-54(48)58(52-26-12-9-23-46(52)47-24-10-13-27-53(47)58)55(50)37-57(51)59(56-29-15-21-41-18-7-8-22-45(41)56)44-32-30-40(31-33-44)39-16-3-2-4-17-39/h2-4,9-17,21,23-37H,5-8,18-20,22H2,1H3. The lowest BCUT2D eigenvalue weighted by Crippen LogP contribution is -2.26.